The summed E-state index contributed by atoms with van der Waals surface area (Å²) in [5.74, 6) is 0. The minimum absolute atomic E-state index is 0.941. The first-order valence-electron chi connectivity index (χ1n) is 7.97. The molecule has 1 nitrogen and oxygen atoms in total. The zero-order valence-electron chi connectivity index (χ0n) is 13.0. The van der Waals surface area contributed by atoms with E-state index in [1.54, 1.807) is 19.6 Å². The van der Waals surface area contributed by atoms with Crippen molar-refractivity contribution in [2.24, 2.45) is 0 Å². The van der Waals surface area contributed by atoms with E-state index in [-0.39, 0.29) is 0 Å². The van der Waals surface area contributed by atoms with Crippen LogP contribution < -0.4 is 0 Å². The van der Waals surface area contributed by atoms with Gasteiger partial charge in [-0.3, -0.25) is 0 Å². The number of hydrogen-bond donors (Lipinski definition) is 0. The monoisotopic (exact) mass is 362 g/mol. The van der Waals surface area contributed by atoms with Gasteiger partial charge >= 0.3 is 120 Å². The Morgan fingerprint density at radius 2 is 1.28 bits per heavy atom. The first-order valence-corrected chi connectivity index (χ1v) is 16.0. The zero-order chi connectivity index (χ0) is 13.7. The van der Waals surface area contributed by atoms with E-state index in [4.69, 9.17) is 4.74 Å². The second kappa shape index (κ2) is 12.4. The van der Waals surface area contributed by atoms with Gasteiger partial charge in [-0.05, 0) is 0 Å². The van der Waals surface area contributed by atoms with Crippen LogP contribution in [-0.2, 0) is 4.74 Å². The molecule has 0 aliphatic rings. The van der Waals surface area contributed by atoms with Crippen LogP contribution in [0.2, 0.25) is 17.7 Å². The van der Waals surface area contributed by atoms with Gasteiger partial charge in [-0.15, -0.1) is 0 Å². The molecular weight excluding hydrogens is 327 g/mol. The van der Waals surface area contributed by atoms with Crippen LogP contribution in [-0.4, -0.2) is 25.0 Å². The van der Waals surface area contributed by atoms with E-state index in [0.717, 1.165) is 6.61 Å². The fraction of sp³-hybridized carbons (Fsp3) is 0.875. The summed E-state index contributed by atoms with van der Waals surface area (Å²) in [5, 5.41) is 0. The average Bonchev–Trinajstić information content (AvgIpc) is 2.40. The van der Waals surface area contributed by atoms with E-state index in [2.05, 4.69) is 27.4 Å². The average molecular weight is 361 g/mol. The molecule has 108 valence electrons. The van der Waals surface area contributed by atoms with E-state index in [0.29, 0.717) is 0 Å². The molecule has 0 aliphatic heterocycles. The Labute approximate surface area is 119 Å². The molecule has 0 bridgehead atoms. The van der Waals surface area contributed by atoms with Gasteiger partial charge in [0.25, 0.3) is 0 Å². The molecule has 0 saturated carbocycles. The van der Waals surface area contributed by atoms with Gasteiger partial charge in [-0.1, -0.05) is 0 Å². The van der Waals surface area contributed by atoms with Gasteiger partial charge in [0.1, 0.15) is 0 Å². The Morgan fingerprint density at radius 3 is 1.61 bits per heavy atom. The van der Waals surface area contributed by atoms with Gasteiger partial charge < -0.3 is 0 Å². The molecule has 0 aliphatic carbocycles. The summed E-state index contributed by atoms with van der Waals surface area (Å²) < 4.78 is 11.6. The van der Waals surface area contributed by atoms with E-state index in [1.807, 2.05) is 0 Å². The van der Waals surface area contributed by atoms with Crippen LogP contribution in [0.3, 0.4) is 0 Å². The molecule has 0 amide bonds. The van der Waals surface area contributed by atoms with E-state index >= 15 is 0 Å². The molecule has 0 rings (SSSR count). The molecule has 0 aromatic heterocycles. The first kappa shape index (κ1) is 18.3. The van der Waals surface area contributed by atoms with Crippen molar-refractivity contribution in [2.45, 2.75) is 77.0 Å². The van der Waals surface area contributed by atoms with Gasteiger partial charge in [-0.25, -0.2) is 0 Å². The molecule has 18 heavy (non-hydrogen) atoms. The van der Waals surface area contributed by atoms with Crippen LogP contribution in [0.4, 0.5) is 0 Å². The maximum atomic E-state index is 5.45. The van der Waals surface area contributed by atoms with Crippen molar-refractivity contribution in [3.8, 4) is 0 Å². The van der Waals surface area contributed by atoms with Gasteiger partial charge in [-0.2, -0.15) is 0 Å². The molecule has 0 unspecified atom stereocenters. The van der Waals surface area contributed by atoms with Crippen LogP contribution in [0.5, 0.6) is 0 Å². The molecule has 0 aromatic carbocycles. The van der Waals surface area contributed by atoms with Gasteiger partial charge in [0.05, 0.1) is 0 Å². The topological polar surface area (TPSA) is 9.23 Å². The quantitative estimate of drug-likeness (QED) is 0.222. The summed E-state index contributed by atoms with van der Waals surface area (Å²) >= 11 is -1.89. The van der Waals surface area contributed by atoms with Gasteiger partial charge in [0, 0.05) is 0 Å². The number of rotatable bonds is 13. The van der Waals surface area contributed by atoms with E-state index in [9.17, 15) is 0 Å². The maximum absolute atomic E-state index is 5.45. The molecule has 2 heteroatoms. The summed E-state index contributed by atoms with van der Waals surface area (Å²) in [6, 6.07) is 0. The van der Waals surface area contributed by atoms with Crippen LogP contribution in [0.15, 0.2) is 12.8 Å². The molecule has 0 fully saturated rings. The van der Waals surface area contributed by atoms with E-state index < -0.39 is 18.4 Å². The van der Waals surface area contributed by atoms with Crippen molar-refractivity contribution in [1.29, 1.82) is 0 Å². The molecule has 0 N–H and O–H groups in total. The van der Waals surface area contributed by atoms with Crippen molar-refractivity contribution in [2.75, 3.05) is 6.61 Å². The Kier molecular flexibility index (Phi) is 12.6. The third-order valence-electron chi connectivity index (χ3n) is 4.05. The zero-order valence-corrected chi connectivity index (χ0v) is 15.8. The van der Waals surface area contributed by atoms with Crippen LogP contribution in [0.25, 0.3) is 0 Å². The van der Waals surface area contributed by atoms with Crippen molar-refractivity contribution in [3.63, 3.8) is 0 Å². The fourth-order valence-electron chi connectivity index (χ4n) is 2.76. The van der Waals surface area contributed by atoms with Crippen LogP contribution >= 0.6 is 0 Å². The SMILES string of the molecule is C=COC[CH2][Sn]([CH2]CCC)([CH2]CCC)[CH2]CCC. The molecule has 0 aromatic rings. The summed E-state index contributed by atoms with van der Waals surface area (Å²) in [4.78, 5) is 0. The number of ether oxygens (including phenoxy) is 1. The van der Waals surface area contributed by atoms with Crippen LogP contribution in [0.1, 0.15) is 59.3 Å². The Morgan fingerprint density at radius 1 is 0.833 bits per heavy atom. The van der Waals surface area contributed by atoms with E-state index in [1.165, 1.54) is 43.0 Å². The molecule has 0 saturated heterocycles. The molecule has 0 radical (unpaired) electrons. The van der Waals surface area contributed by atoms with Crippen molar-refractivity contribution < 1.29 is 4.74 Å². The van der Waals surface area contributed by atoms with Crippen LogP contribution in [0, 0.1) is 0 Å². The fourth-order valence-corrected chi connectivity index (χ4v) is 18.1. The second-order valence-electron chi connectivity index (χ2n) is 5.60. The number of unbranched alkanes of at least 4 members (excludes halogenated alkanes) is 3. The summed E-state index contributed by atoms with van der Waals surface area (Å²) in [6.45, 7) is 11.6. The Hall–Kier alpha value is 0.339. The third kappa shape index (κ3) is 8.44. The Bertz CT molecular complexity index is 170. The molecule has 0 atom stereocenters. The van der Waals surface area contributed by atoms with Crippen molar-refractivity contribution in [3.05, 3.63) is 12.8 Å². The summed E-state index contributed by atoms with van der Waals surface area (Å²) in [7, 11) is 0. The second-order valence-corrected chi connectivity index (χ2v) is 19.9. The minimum atomic E-state index is -1.89. The molecule has 0 heterocycles. The third-order valence-corrected chi connectivity index (χ3v) is 19.8. The first-order chi connectivity index (χ1) is 8.74. The number of hydrogen-bond acceptors (Lipinski definition) is 1. The van der Waals surface area contributed by atoms with Crippen molar-refractivity contribution in [1.82, 2.24) is 0 Å². The van der Waals surface area contributed by atoms with Gasteiger partial charge in [0.2, 0.25) is 0 Å². The van der Waals surface area contributed by atoms with Gasteiger partial charge in [0.15, 0.2) is 0 Å². The predicted octanol–water partition coefficient (Wildman–Crippen LogP) is 6.00. The normalized spacial score (nSPS) is 11.5. The predicted molar refractivity (Wildman–Crippen MR) is 85.9 cm³/mol. The summed E-state index contributed by atoms with van der Waals surface area (Å²) in [6.07, 6.45) is 10.1. The standard InChI is InChI=1S/C4H7O.3C4H9.Sn/c1-3-5-4-2;3*1-3-4-2;/h3H,1-2,4H2;3*1,3-4H2,2H3;. The molecular formula is C16H34OSn. The Balaban J connectivity index is 4.45. The molecule has 0 spiro atoms. The summed E-state index contributed by atoms with van der Waals surface area (Å²) in [5.41, 5.74) is 0. The van der Waals surface area contributed by atoms with Crippen molar-refractivity contribution >= 4 is 18.4 Å².